The Morgan fingerprint density at radius 3 is 2.31 bits per heavy atom. The Morgan fingerprint density at radius 1 is 1.14 bits per heavy atom. The highest BCUT2D eigenvalue weighted by atomic mass is 35.5. The summed E-state index contributed by atoms with van der Waals surface area (Å²) in [6, 6.07) is 11.0. The van der Waals surface area contributed by atoms with Crippen molar-refractivity contribution in [2.75, 3.05) is 38.4 Å². The molecule has 3 rings (SSSR count). The van der Waals surface area contributed by atoms with E-state index in [1.54, 1.807) is 38.1 Å². The largest absolute Gasteiger partial charge is 0.465 e. The molecule has 0 spiro atoms. The zero-order valence-electron chi connectivity index (χ0n) is 19.4. The van der Waals surface area contributed by atoms with Gasteiger partial charge in [-0.2, -0.15) is 18.3 Å². The lowest BCUT2D eigenvalue weighted by molar-refractivity contribution is -0.150. The number of halogens is 4. The molecule has 7 nitrogen and oxygen atoms in total. The van der Waals surface area contributed by atoms with Gasteiger partial charge in [-0.05, 0) is 55.8 Å². The van der Waals surface area contributed by atoms with Crippen molar-refractivity contribution in [1.29, 1.82) is 0 Å². The third-order valence-electron chi connectivity index (χ3n) is 5.49. The predicted octanol–water partition coefficient (Wildman–Crippen LogP) is 4.59. The Balaban J connectivity index is 1.87. The molecular formula is C24H25ClF3N3O4. The van der Waals surface area contributed by atoms with Gasteiger partial charge in [0.15, 0.2) is 0 Å². The van der Waals surface area contributed by atoms with Gasteiger partial charge in [-0.3, -0.25) is 19.5 Å². The SMILES string of the molecule is CCOC(=O)C1(C)CN(CC(=O)N(COC)c2ccc(C(F)(F)F)cc2)N=C1c1ccc(Cl)cc1. The first kappa shape index (κ1) is 26.5. The van der Waals surface area contributed by atoms with E-state index in [0.29, 0.717) is 16.3 Å². The van der Waals surface area contributed by atoms with Crippen molar-refractivity contribution in [2.24, 2.45) is 10.5 Å². The number of anilines is 1. The van der Waals surface area contributed by atoms with Gasteiger partial charge >= 0.3 is 12.1 Å². The van der Waals surface area contributed by atoms with Gasteiger partial charge in [0.05, 0.1) is 24.4 Å². The molecule has 0 bridgehead atoms. The number of hydrogen-bond acceptors (Lipinski definition) is 6. The predicted molar refractivity (Wildman–Crippen MR) is 125 cm³/mol. The molecule has 11 heteroatoms. The van der Waals surface area contributed by atoms with Crippen molar-refractivity contribution in [3.8, 4) is 0 Å². The van der Waals surface area contributed by atoms with Crippen molar-refractivity contribution in [2.45, 2.75) is 20.0 Å². The first-order valence-corrected chi connectivity index (χ1v) is 11.1. The second-order valence-corrected chi connectivity index (χ2v) is 8.55. The number of carbonyl (C=O) groups excluding carboxylic acids is 2. The quantitative estimate of drug-likeness (QED) is 0.383. The topological polar surface area (TPSA) is 71.4 Å². The van der Waals surface area contributed by atoms with E-state index in [2.05, 4.69) is 5.10 Å². The molecule has 1 heterocycles. The molecule has 0 N–H and O–H groups in total. The molecule has 0 saturated carbocycles. The van der Waals surface area contributed by atoms with Gasteiger partial charge in [-0.15, -0.1) is 0 Å². The number of ether oxygens (including phenoxy) is 2. The average molecular weight is 512 g/mol. The first-order chi connectivity index (χ1) is 16.5. The summed E-state index contributed by atoms with van der Waals surface area (Å²) < 4.78 is 49.1. The van der Waals surface area contributed by atoms with Gasteiger partial charge in [0, 0.05) is 17.8 Å². The zero-order chi connectivity index (χ0) is 25.8. The monoisotopic (exact) mass is 511 g/mol. The van der Waals surface area contributed by atoms with Crippen molar-refractivity contribution in [3.63, 3.8) is 0 Å². The highest BCUT2D eigenvalue weighted by Gasteiger charge is 2.47. The first-order valence-electron chi connectivity index (χ1n) is 10.7. The third-order valence-corrected chi connectivity index (χ3v) is 5.74. The van der Waals surface area contributed by atoms with Crippen LogP contribution in [0.15, 0.2) is 53.6 Å². The molecule has 0 fully saturated rings. The van der Waals surface area contributed by atoms with Crippen molar-refractivity contribution < 1.29 is 32.2 Å². The molecule has 1 atom stereocenters. The Hall–Kier alpha value is -3.11. The second-order valence-electron chi connectivity index (χ2n) is 8.11. The number of amides is 1. The van der Waals surface area contributed by atoms with E-state index in [4.69, 9.17) is 21.1 Å². The van der Waals surface area contributed by atoms with Crippen LogP contribution in [0.3, 0.4) is 0 Å². The van der Waals surface area contributed by atoms with Gasteiger partial charge in [-0.25, -0.2) is 0 Å². The van der Waals surface area contributed by atoms with E-state index in [0.717, 1.165) is 12.1 Å². The lowest BCUT2D eigenvalue weighted by atomic mass is 9.82. The fraction of sp³-hybridized carbons (Fsp3) is 0.375. The average Bonchev–Trinajstić information content (AvgIpc) is 3.14. The fourth-order valence-corrected chi connectivity index (χ4v) is 3.87. The molecule has 188 valence electrons. The number of hydrogen-bond donors (Lipinski definition) is 0. The molecule has 2 aromatic rings. The van der Waals surface area contributed by atoms with E-state index >= 15 is 0 Å². The minimum absolute atomic E-state index is 0.0728. The van der Waals surface area contributed by atoms with Gasteiger partial charge in [-0.1, -0.05) is 23.7 Å². The highest BCUT2D eigenvalue weighted by Crippen LogP contribution is 2.34. The summed E-state index contributed by atoms with van der Waals surface area (Å²) in [7, 11) is 1.37. The van der Waals surface area contributed by atoms with Crippen LogP contribution in [0.25, 0.3) is 0 Å². The van der Waals surface area contributed by atoms with Gasteiger partial charge in [0.1, 0.15) is 18.7 Å². The van der Waals surface area contributed by atoms with Gasteiger partial charge in [0.2, 0.25) is 5.91 Å². The van der Waals surface area contributed by atoms with Crippen LogP contribution in [-0.2, 0) is 25.2 Å². The van der Waals surface area contributed by atoms with Crippen molar-refractivity contribution >= 4 is 34.9 Å². The van der Waals surface area contributed by atoms with Gasteiger partial charge in [0.25, 0.3) is 0 Å². The van der Waals surface area contributed by atoms with Crippen LogP contribution in [0.1, 0.15) is 25.0 Å². The number of rotatable bonds is 8. The van der Waals surface area contributed by atoms with E-state index in [9.17, 15) is 22.8 Å². The van der Waals surface area contributed by atoms with E-state index in [1.807, 2.05) is 0 Å². The molecule has 1 unspecified atom stereocenters. The van der Waals surface area contributed by atoms with Crippen molar-refractivity contribution in [3.05, 3.63) is 64.7 Å². The van der Waals surface area contributed by atoms with E-state index in [1.165, 1.54) is 29.2 Å². The number of nitrogens with zero attached hydrogens (tertiary/aromatic N) is 3. The van der Waals surface area contributed by atoms with Crippen LogP contribution in [0.2, 0.25) is 5.02 Å². The van der Waals surface area contributed by atoms with Crippen LogP contribution >= 0.6 is 11.6 Å². The van der Waals surface area contributed by atoms with Crippen LogP contribution < -0.4 is 4.90 Å². The third kappa shape index (κ3) is 5.94. The summed E-state index contributed by atoms with van der Waals surface area (Å²) >= 11 is 5.99. The molecular weight excluding hydrogens is 487 g/mol. The molecule has 2 aromatic carbocycles. The number of carbonyl (C=O) groups is 2. The second kappa shape index (κ2) is 10.7. The van der Waals surface area contributed by atoms with Gasteiger partial charge < -0.3 is 9.47 Å². The number of alkyl halides is 3. The Kier molecular flexibility index (Phi) is 8.07. The summed E-state index contributed by atoms with van der Waals surface area (Å²) in [6.07, 6.45) is -4.49. The summed E-state index contributed by atoms with van der Waals surface area (Å²) in [5.74, 6) is -0.959. The number of hydrazone groups is 1. The maximum absolute atomic E-state index is 13.1. The molecule has 0 radical (unpaired) electrons. The maximum Gasteiger partial charge on any atom is 0.416 e. The molecule has 1 amide bonds. The molecule has 1 aliphatic heterocycles. The minimum atomic E-state index is -4.49. The number of methoxy groups -OCH3 is 1. The molecule has 0 saturated heterocycles. The van der Waals surface area contributed by atoms with E-state index in [-0.39, 0.29) is 32.1 Å². The van der Waals surface area contributed by atoms with Crippen LogP contribution in [0, 0.1) is 5.41 Å². The lowest BCUT2D eigenvalue weighted by Gasteiger charge is -2.26. The molecule has 0 aromatic heterocycles. The number of benzene rings is 2. The standard InChI is InChI=1S/C24H25ClF3N3O4/c1-4-35-22(33)23(2)14-30(29-21(23)16-5-9-18(25)10-6-16)13-20(32)31(15-34-3)19-11-7-17(8-12-19)24(26,27)28/h5-12H,4,13-15H2,1-3H3. The Labute approximate surface area is 206 Å². The van der Waals surface area contributed by atoms with Crippen LogP contribution in [-0.4, -0.2) is 56.1 Å². The zero-order valence-corrected chi connectivity index (χ0v) is 20.2. The fourth-order valence-electron chi connectivity index (χ4n) is 3.75. The number of esters is 1. The normalized spacial score (nSPS) is 17.8. The minimum Gasteiger partial charge on any atom is -0.465 e. The van der Waals surface area contributed by atoms with Crippen LogP contribution in [0.5, 0.6) is 0 Å². The van der Waals surface area contributed by atoms with E-state index < -0.39 is 29.0 Å². The summed E-state index contributed by atoms with van der Waals surface area (Å²) in [5.41, 5.74) is -0.665. The van der Waals surface area contributed by atoms with Crippen LogP contribution in [0.4, 0.5) is 18.9 Å². The smallest absolute Gasteiger partial charge is 0.416 e. The Bertz CT molecular complexity index is 1090. The molecule has 0 aliphatic carbocycles. The lowest BCUT2D eigenvalue weighted by Crippen LogP contribution is -2.43. The summed E-state index contributed by atoms with van der Waals surface area (Å²) in [6.45, 7) is 3.21. The highest BCUT2D eigenvalue weighted by molar-refractivity contribution is 6.30. The summed E-state index contributed by atoms with van der Waals surface area (Å²) in [5, 5.41) is 6.49. The summed E-state index contributed by atoms with van der Waals surface area (Å²) in [4.78, 5) is 27.2. The Morgan fingerprint density at radius 2 is 1.77 bits per heavy atom. The van der Waals surface area contributed by atoms with Crippen molar-refractivity contribution in [1.82, 2.24) is 5.01 Å². The molecule has 1 aliphatic rings. The molecule has 35 heavy (non-hydrogen) atoms. The maximum atomic E-state index is 13.1.